The largest absolute Gasteiger partial charge is 0.298 e. The molecule has 5 aromatic rings. The lowest BCUT2D eigenvalue weighted by atomic mass is 10.1. The van der Waals surface area contributed by atoms with Crippen molar-refractivity contribution in [1.82, 2.24) is 4.98 Å². The Morgan fingerprint density at radius 2 is 1.70 bits per heavy atom. The molecule has 164 valence electrons. The van der Waals surface area contributed by atoms with E-state index < -0.39 is 10.0 Å². The molecule has 0 saturated heterocycles. The molecule has 33 heavy (non-hydrogen) atoms. The normalized spacial score (nSPS) is 11.5. The Labute approximate surface area is 198 Å². The third kappa shape index (κ3) is 4.41. The maximum absolute atomic E-state index is 12.8. The molecule has 0 radical (unpaired) electrons. The number of nitrogens with zero attached hydrogens (tertiary/aromatic N) is 1. The van der Waals surface area contributed by atoms with Crippen molar-refractivity contribution in [2.24, 2.45) is 0 Å². The number of benzene rings is 4. The highest BCUT2D eigenvalue weighted by Crippen LogP contribution is 2.33. The lowest BCUT2D eigenvalue weighted by Gasteiger charge is -2.09. The predicted molar refractivity (Wildman–Crippen MR) is 134 cm³/mol. The number of thiazole rings is 1. The maximum Gasteiger partial charge on any atom is 0.261 e. The number of aromatic nitrogens is 1. The molecule has 4 aromatic carbocycles. The first-order valence-corrected chi connectivity index (χ1v) is 12.5. The maximum atomic E-state index is 12.8. The fourth-order valence-electron chi connectivity index (χ4n) is 3.43. The van der Waals surface area contributed by atoms with E-state index in [1.807, 2.05) is 36.4 Å². The Bertz CT molecular complexity index is 1610. The number of hydrogen-bond donors (Lipinski definition) is 2. The number of halogens is 1. The summed E-state index contributed by atoms with van der Waals surface area (Å²) in [5, 5.41) is 5.91. The number of rotatable bonds is 5. The number of sulfonamides is 1. The molecule has 0 saturated carbocycles. The van der Waals surface area contributed by atoms with Gasteiger partial charge in [-0.15, -0.1) is 0 Å². The SMILES string of the molecule is O=C(Nc1nc2ccc3ccccc3c2s1)c1cccc(NS(=O)(=O)c2ccc(Cl)cc2)c1. The summed E-state index contributed by atoms with van der Waals surface area (Å²) >= 11 is 7.23. The fraction of sp³-hybridized carbons (Fsp3) is 0. The van der Waals surface area contributed by atoms with Crippen LogP contribution in [-0.2, 0) is 10.0 Å². The van der Waals surface area contributed by atoms with Crippen LogP contribution in [0.2, 0.25) is 5.02 Å². The van der Waals surface area contributed by atoms with E-state index in [-0.39, 0.29) is 16.5 Å². The monoisotopic (exact) mass is 493 g/mol. The van der Waals surface area contributed by atoms with Crippen LogP contribution >= 0.6 is 22.9 Å². The summed E-state index contributed by atoms with van der Waals surface area (Å²) in [4.78, 5) is 17.4. The number of amides is 1. The topological polar surface area (TPSA) is 88.2 Å². The summed E-state index contributed by atoms with van der Waals surface area (Å²) in [5.74, 6) is -0.383. The molecular formula is C24H16ClN3O3S2. The molecule has 0 unspecified atom stereocenters. The van der Waals surface area contributed by atoms with Gasteiger partial charge < -0.3 is 0 Å². The Hall–Kier alpha value is -3.46. The van der Waals surface area contributed by atoms with E-state index in [2.05, 4.69) is 15.0 Å². The quantitative estimate of drug-likeness (QED) is 0.307. The van der Waals surface area contributed by atoms with Crippen molar-refractivity contribution in [1.29, 1.82) is 0 Å². The van der Waals surface area contributed by atoms with Crippen molar-refractivity contribution in [2.75, 3.05) is 10.0 Å². The molecule has 0 spiro atoms. The van der Waals surface area contributed by atoms with E-state index in [0.717, 1.165) is 21.0 Å². The minimum atomic E-state index is -3.82. The van der Waals surface area contributed by atoms with Crippen LogP contribution in [0.25, 0.3) is 21.0 Å². The van der Waals surface area contributed by atoms with Gasteiger partial charge in [-0.05, 0) is 53.9 Å². The molecule has 0 fully saturated rings. The Balaban J connectivity index is 1.38. The van der Waals surface area contributed by atoms with Crippen molar-refractivity contribution in [3.8, 4) is 0 Å². The number of fused-ring (bicyclic) bond motifs is 3. The van der Waals surface area contributed by atoms with Gasteiger partial charge in [-0.25, -0.2) is 13.4 Å². The summed E-state index contributed by atoms with van der Waals surface area (Å²) < 4.78 is 28.7. The second-order valence-electron chi connectivity index (χ2n) is 7.25. The van der Waals surface area contributed by atoms with Gasteiger partial charge in [0.1, 0.15) is 0 Å². The molecule has 1 aromatic heterocycles. The molecule has 9 heteroatoms. The van der Waals surface area contributed by atoms with Crippen LogP contribution in [0.5, 0.6) is 0 Å². The third-order valence-electron chi connectivity index (χ3n) is 5.00. The zero-order valence-electron chi connectivity index (χ0n) is 16.9. The van der Waals surface area contributed by atoms with Crippen LogP contribution in [0.15, 0.2) is 89.8 Å². The smallest absolute Gasteiger partial charge is 0.261 e. The number of carbonyl (C=O) groups is 1. The summed E-state index contributed by atoms with van der Waals surface area (Å²) in [7, 11) is -3.82. The summed E-state index contributed by atoms with van der Waals surface area (Å²) in [5.41, 5.74) is 1.38. The molecule has 0 aliphatic rings. The predicted octanol–water partition coefficient (Wildman–Crippen LogP) is 6.16. The van der Waals surface area contributed by atoms with Crippen molar-refractivity contribution in [3.63, 3.8) is 0 Å². The van der Waals surface area contributed by atoms with Gasteiger partial charge in [0.2, 0.25) is 0 Å². The van der Waals surface area contributed by atoms with Crippen LogP contribution in [-0.4, -0.2) is 19.3 Å². The molecule has 0 aliphatic heterocycles. The van der Waals surface area contributed by atoms with Crippen LogP contribution in [0.1, 0.15) is 10.4 Å². The van der Waals surface area contributed by atoms with E-state index in [9.17, 15) is 13.2 Å². The summed E-state index contributed by atoms with van der Waals surface area (Å²) in [6, 6.07) is 24.0. The lowest BCUT2D eigenvalue weighted by molar-refractivity contribution is 0.102. The average Bonchev–Trinajstić information content (AvgIpc) is 3.22. The lowest BCUT2D eigenvalue weighted by Crippen LogP contribution is -2.15. The van der Waals surface area contributed by atoms with E-state index >= 15 is 0 Å². The first kappa shape index (κ1) is 21.4. The van der Waals surface area contributed by atoms with E-state index in [4.69, 9.17) is 11.6 Å². The highest BCUT2D eigenvalue weighted by molar-refractivity contribution is 7.92. The van der Waals surface area contributed by atoms with Gasteiger partial charge in [0.15, 0.2) is 5.13 Å². The number of hydrogen-bond acceptors (Lipinski definition) is 5. The zero-order chi connectivity index (χ0) is 23.0. The van der Waals surface area contributed by atoms with E-state index in [0.29, 0.717) is 15.7 Å². The third-order valence-corrected chi connectivity index (χ3v) is 7.67. The Morgan fingerprint density at radius 1 is 0.909 bits per heavy atom. The van der Waals surface area contributed by atoms with Crippen molar-refractivity contribution < 1.29 is 13.2 Å². The van der Waals surface area contributed by atoms with Crippen LogP contribution in [0.3, 0.4) is 0 Å². The van der Waals surface area contributed by atoms with Gasteiger partial charge in [-0.2, -0.15) is 0 Å². The van der Waals surface area contributed by atoms with Gasteiger partial charge >= 0.3 is 0 Å². The molecular weight excluding hydrogens is 478 g/mol. The molecule has 5 rings (SSSR count). The molecule has 1 heterocycles. The average molecular weight is 494 g/mol. The van der Waals surface area contributed by atoms with Crippen molar-refractivity contribution >= 4 is 70.7 Å². The minimum Gasteiger partial charge on any atom is -0.298 e. The number of anilines is 2. The molecule has 0 atom stereocenters. The zero-order valence-corrected chi connectivity index (χ0v) is 19.3. The second kappa shape index (κ2) is 8.47. The second-order valence-corrected chi connectivity index (χ2v) is 10.4. The Morgan fingerprint density at radius 3 is 2.52 bits per heavy atom. The molecule has 2 N–H and O–H groups in total. The summed E-state index contributed by atoms with van der Waals surface area (Å²) in [6.07, 6.45) is 0. The molecule has 6 nitrogen and oxygen atoms in total. The van der Waals surface area contributed by atoms with Gasteiger partial charge in [0.05, 0.1) is 15.1 Å². The standard InChI is InChI=1S/C24H16ClN3O3S2/c25-17-9-11-19(12-10-17)33(30,31)28-18-6-3-5-16(14-18)23(29)27-24-26-21-13-8-15-4-1-2-7-20(15)22(21)32-24/h1-14,28H,(H,26,27,29). The van der Waals surface area contributed by atoms with Crippen molar-refractivity contribution in [2.45, 2.75) is 4.90 Å². The molecule has 0 aliphatic carbocycles. The van der Waals surface area contributed by atoms with E-state index in [1.165, 1.54) is 41.7 Å². The van der Waals surface area contributed by atoms with Gasteiger partial charge in [0, 0.05) is 21.7 Å². The summed E-state index contributed by atoms with van der Waals surface area (Å²) in [6.45, 7) is 0. The van der Waals surface area contributed by atoms with Crippen LogP contribution in [0.4, 0.5) is 10.8 Å². The molecule has 0 bridgehead atoms. The van der Waals surface area contributed by atoms with Gasteiger partial charge in [-0.3, -0.25) is 14.8 Å². The fourth-order valence-corrected chi connectivity index (χ4v) is 5.60. The molecule has 1 amide bonds. The highest BCUT2D eigenvalue weighted by Gasteiger charge is 2.16. The highest BCUT2D eigenvalue weighted by atomic mass is 35.5. The Kier molecular flexibility index (Phi) is 5.49. The van der Waals surface area contributed by atoms with Gasteiger partial charge in [0.25, 0.3) is 15.9 Å². The minimum absolute atomic E-state index is 0.0726. The van der Waals surface area contributed by atoms with E-state index in [1.54, 1.807) is 18.2 Å². The first-order valence-electron chi connectivity index (χ1n) is 9.87. The van der Waals surface area contributed by atoms with Crippen molar-refractivity contribution in [3.05, 3.63) is 95.5 Å². The first-order chi connectivity index (χ1) is 15.9. The number of nitrogens with one attached hydrogen (secondary N) is 2. The van der Waals surface area contributed by atoms with Crippen LogP contribution in [0, 0.1) is 0 Å². The van der Waals surface area contributed by atoms with Gasteiger partial charge in [-0.1, -0.05) is 59.3 Å². The number of carbonyl (C=O) groups excluding carboxylic acids is 1. The van der Waals surface area contributed by atoms with Crippen LogP contribution < -0.4 is 10.0 Å².